The minimum atomic E-state index is -1.09. The van der Waals surface area contributed by atoms with E-state index in [4.69, 9.17) is 23.2 Å². The number of halogens is 2. The number of allylic oxidation sites excluding steroid dienone is 3. The first-order chi connectivity index (χ1) is 14.4. The van der Waals surface area contributed by atoms with Gasteiger partial charge in [-0.2, -0.15) is 0 Å². The molecule has 0 nitrogen and oxygen atoms in total. The predicted octanol–water partition coefficient (Wildman–Crippen LogP) is 6.98. The Kier molecular flexibility index (Phi) is 6.16. The van der Waals surface area contributed by atoms with Crippen LogP contribution < -0.4 is 0 Å². The smallest absolute Gasteiger partial charge is 0.0923 e. The Hall–Kier alpha value is -1.18. The number of hydrogen-bond donors (Lipinski definition) is 0. The molecule has 0 radical (unpaired) electrons. The fourth-order valence-corrected chi connectivity index (χ4v) is 9.89. The summed E-state index contributed by atoms with van der Waals surface area (Å²) in [6.45, 7) is 6.58. The van der Waals surface area contributed by atoms with Gasteiger partial charge in [-0.25, -0.2) is 0 Å². The Balaban J connectivity index is 0.00000231. The number of alkyl halides is 2. The number of hydrogen-bond acceptors (Lipinski definition) is 0. The molecule has 0 bridgehead atoms. The third-order valence-corrected chi connectivity index (χ3v) is 11.6. The summed E-state index contributed by atoms with van der Waals surface area (Å²) in [5.41, 5.74) is 11.2. The van der Waals surface area contributed by atoms with Gasteiger partial charge in [-0.15, -0.1) is 23.2 Å². The molecule has 2 aliphatic rings. The molecule has 2 aliphatic carbocycles. The standard InChI is InChI=1S/C27H24Cl2Si.Zr/c1-17-18(2)26(28,23-15-9-7-13-21(17)23)30-27(29)19(3)25(20-11-5-4-6-12-20)22-14-8-10-16-24(22)27;/h4-16H,30H2,1-3H3;. The fourth-order valence-electron chi connectivity index (χ4n) is 5.27. The van der Waals surface area contributed by atoms with Crippen LogP contribution in [0.25, 0.3) is 11.1 Å². The van der Waals surface area contributed by atoms with Gasteiger partial charge in [-0.1, -0.05) is 78.9 Å². The summed E-state index contributed by atoms with van der Waals surface area (Å²) in [7, 11) is -1.09. The molecule has 2 atom stereocenters. The maximum atomic E-state index is 7.64. The summed E-state index contributed by atoms with van der Waals surface area (Å²) in [6, 6.07) is 27.8. The molecule has 4 heteroatoms. The van der Waals surface area contributed by atoms with E-state index in [9.17, 15) is 0 Å². The minimum absolute atomic E-state index is 0. The molecular formula is C27H24Cl2SiZr. The van der Waals surface area contributed by atoms with E-state index < -0.39 is 18.5 Å². The van der Waals surface area contributed by atoms with Crippen molar-refractivity contribution < 1.29 is 26.2 Å². The van der Waals surface area contributed by atoms with Crippen molar-refractivity contribution in [2.75, 3.05) is 0 Å². The van der Waals surface area contributed by atoms with E-state index in [0.29, 0.717) is 0 Å². The van der Waals surface area contributed by atoms with Gasteiger partial charge in [-0.05, 0) is 70.9 Å². The van der Waals surface area contributed by atoms with E-state index in [2.05, 4.69) is 99.6 Å². The SMILES string of the molecule is CC1=C(C)C(Cl)([SiH2]C2(Cl)C(C)=C(c3ccccc3)c3ccccc32)c2ccccc21.[Zr]. The number of benzene rings is 3. The summed E-state index contributed by atoms with van der Waals surface area (Å²) >= 11 is 15.2. The third kappa shape index (κ3) is 3.34. The molecule has 0 spiro atoms. The van der Waals surface area contributed by atoms with Gasteiger partial charge in [0, 0.05) is 26.2 Å². The Labute approximate surface area is 216 Å². The fraction of sp³-hybridized carbons (Fsp3) is 0.185. The number of fused-ring (bicyclic) bond motifs is 2. The monoisotopic (exact) mass is 536 g/mol. The van der Waals surface area contributed by atoms with Crippen LogP contribution in [0.2, 0.25) is 0 Å². The Bertz CT molecular complexity index is 1230. The van der Waals surface area contributed by atoms with Gasteiger partial charge < -0.3 is 0 Å². The van der Waals surface area contributed by atoms with Crippen molar-refractivity contribution >= 4 is 43.9 Å². The minimum Gasteiger partial charge on any atom is -0.114 e. The van der Waals surface area contributed by atoms with Gasteiger partial charge in [0.1, 0.15) is 0 Å². The average molecular weight is 539 g/mol. The van der Waals surface area contributed by atoms with Crippen molar-refractivity contribution in [3.63, 3.8) is 0 Å². The molecule has 0 aliphatic heterocycles. The molecule has 3 aromatic rings. The van der Waals surface area contributed by atoms with Crippen LogP contribution in [0, 0.1) is 0 Å². The summed E-state index contributed by atoms with van der Waals surface area (Å²) in [5, 5.41) is 0. The van der Waals surface area contributed by atoms with Crippen LogP contribution in [0.3, 0.4) is 0 Å². The second-order valence-electron chi connectivity index (χ2n) is 8.49. The molecule has 0 saturated heterocycles. The zero-order valence-electron chi connectivity index (χ0n) is 18.0. The van der Waals surface area contributed by atoms with Crippen LogP contribution in [0.1, 0.15) is 48.6 Å². The van der Waals surface area contributed by atoms with Gasteiger partial charge in [-0.3, -0.25) is 0 Å². The van der Waals surface area contributed by atoms with E-state index in [0.717, 1.165) is 0 Å². The Morgan fingerprint density at radius 2 is 1.10 bits per heavy atom. The van der Waals surface area contributed by atoms with E-state index in [1.165, 1.54) is 50.1 Å². The van der Waals surface area contributed by atoms with E-state index in [1.54, 1.807) is 0 Å². The maximum absolute atomic E-state index is 7.64. The molecule has 5 rings (SSSR count). The van der Waals surface area contributed by atoms with Crippen LogP contribution >= 0.6 is 23.2 Å². The molecule has 0 amide bonds. The van der Waals surface area contributed by atoms with Crippen LogP contribution in [0.15, 0.2) is 90.0 Å². The van der Waals surface area contributed by atoms with Crippen molar-refractivity contribution in [2.24, 2.45) is 0 Å². The molecule has 0 heterocycles. The van der Waals surface area contributed by atoms with E-state index >= 15 is 0 Å². The van der Waals surface area contributed by atoms with Gasteiger partial charge in [0.05, 0.1) is 18.5 Å². The summed E-state index contributed by atoms with van der Waals surface area (Å²) in [5.74, 6) is 0. The first-order valence-electron chi connectivity index (χ1n) is 10.4. The van der Waals surface area contributed by atoms with Crippen molar-refractivity contribution in [1.29, 1.82) is 0 Å². The van der Waals surface area contributed by atoms with Gasteiger partial charge >= 0.3 is 0 Å². The van der Waals surface area contributed by atoms with Crippen molar-refractivity contribution in [3.05, 3.63) is 118 Å². The quantitative estimate of drug-likeness (QED) is 0.249. The zero-order valence-corrected chi connectivity index (χ0v) is 23.4. The summed E-state index contributed by atoms with van der Waals surface area (Å²) in [4.78, 5) is 0. The van der Waals surface area contributed by atoms with Crippen LogP contribution in [-0.4, -0.2) is 9.52 Å². The van der Waals surface area contributed by atoms with E-state index in [1.807, 2.05) is 0 Å². The molecular weight excluding hydrogens is 515 g/mol. The second-order valence-corrected chi connectivity index (χ2v) is 13.1. The van der Waals surface area contributed by atoms with E-state index in [-0.39, 0.29) is 26.2 Å². The normalized spacial score (nSPS) is 24.5. The topological polar surface area (TPSA) is 0 Å². The summed E-state index contributed by atoms with van der Waals surface area (Å²) < 4.78 is -1.01. The van der Waals surface area contributed by atoms with Crippen molar-refractivity contribution in [3.8, 4) is 0 Å². The summed E-state index contributed by atoms with van der Waals surface area (Å²) in [6.07, 6.45) is 0. The van der Waals surface area contributed by atoms with Gasteiger partial charge in [0.2, 0.25) is 0 Å². The third-order valence-electron chi connectivity index (χ3n) is 7.06. The Morgan fingerprint density at radius 3 is 1.74 bits per heavy atom. The second kappa shape index (κ2) is 8.31. The van der Waals surface area contributed by atoms with Crippen molar-refractivity contribution in [1.82, 2.24) is 0 Å². The first kappa shape index (κ1) is 23.0. The molecule has 3 aromatic carbocycles. The Morgan fingerprint density at radius 1 is 0.613 bits per heavy atom. The van der Waals surface area contributed by atoms with Gasteiger partial charge in [0.15, 0.2) is 0 Å². The zero-order chi connectivity index (χ0) is 21.1. The molecule has 0 N–H and O–H groups in total. The molecule has 0 aromatic heterocycles. The van der Waals surface area contributed by atoms with Crippen molar-refractivity contribution in [2.45, 2.75) is 29.8 Å². The maximum Gasteiger partial charge on any atom is 0.0923 e. The molecule has 2 unspecified atom stereocenters. The van der Waals surface area contributed by atoms with Crippen LogP contribution in [0.4, 0.5) is 0 Å². The molecule has 154 valence electrons. The first-order valence-corrected chi connectivity index (χ1v) is 12.6. The molecule has 0 saturated carbocycles. The van der Waals surface area contributed by atoms with Gasteiger partial charge in [0.25, 0.3) is 0 Å². The van der Waals surface area contributed by atoms with Crippen LogP contribution in [0.5, 0.6) is 0 Å². The predicted molar refractivity (Wildman–Crippen MR) is 133 cm³/mol. The molecule has 0 fully saturated rings. The van der Waals surface area contributed by atoms with Crippen LogP contribution in [-0.2, 0) is 35.2 Å². The number of rotatable bonds is 3. The molecule has 31 heavy (non-hydrogen) atoms. The average Bonchev–Trinajstić information content (AvgIpc) is 3.10. The largest absolute Gasteiger partial charge is 0.114 e.